The van der Waals surface area contributed by atoms with Crippen LogP contribution in [0.5, 0.6) is 0 Å². The summed E-state index contributed by atoms with van der Waals surface area (Å²) >= 11 is 0. The molecule has 0 fully saturated rings. The minimum absolute atomic E-state index is 0.00561. The van der Waals surface area contributed by atoms with Crippen LogP contribution in [0.25, 0.3) is 0 Å². The first kappa shape index (κ1) is 15.6. The van der Waals surface area contributed by atoms with Gasteiger partial charge in [-0.25, -0.2) is 9.97 Å². The SMILES string of the molecule is CC(C)(C)NC(=O)CCNc1ncnc(N)c1[N+](=O)[O-]. The first-order valence-corrected chi connectivity index (χ1v) is 6.00. The molecule has 0 radical (unpaired) electrons. The van der Waals surface area contributed by atoms with Gasteiger partial charge in [0.2, 0.25) is 17.5 Å². The van der Waals surface area contributed by atoms with Crippen molar-refractivity contribution in [2.24, 2.45) is 0 Å². The van der Waals surface area contributed by atoms with Crippen LogP contribution in [-0.2, 0) is 4.79 Å². The number of nitrogens with zero attached hydrogens (tertiary/aromatic N) is 3. The minimum Gasteiger partial charge on any atom is -0.378 e. The van der Waals surface area contributed by atoms with E-state index in [2.05, 4.69) is 20.6 Å². The number of nitrogens with two attached hydrogens (primary N) is 1. The second kappa shape index (κ2) is 6.13. The number of amides is 1. The Hall–Kier alpha value is -2.45. The third-order valence-electron chi connectivity index (χ3n) is 2.19. The van der Waals surface area contributed by atoms with Gasteiger partial charge in [0, 0.05) is 18.5 Å². The van der Waals surface area contributed by atoms with Crippen LogP contribution in [0.2, 0.25) is 0 Å². The molecule has 0 spiro atoms. The quantitative estimate of drug-likeness (QED) is 0.533. The molecule has 9 heteroatoms. The van der Waals surface area contributed by atoms with E-state index in [4.69, 9.17) is 5.73 Å². The molecule has 1 rings (SSSR count). The molecule has 0 aliphatic rings. The Balaban J connectivity index is 2.61. The average Bonchev–Trinajstić information content (AvgIpc) is 2.25. The lowest BCUT2D eigenvalue weighted by Crippen LogP contribution is -2.41. The number of rotatable bonds is 5. The molecular formula is C11H18N6O3. The standard InChI is InChI=1S/C11H18N6O3/c1-11(2,3)16-7(18)4-5-13-10-8(17(19)20)9(12)14-6-15-10/h6H,4-5H2,1-3H3,(H,16,18)(H3,12,13,14,15). The van der Waals surface area contributed by atoms with Crippen molar-refractivity contribution < 1.29 is 9.72 Å². The van der Waals surface area contributed by atoms with Crippen molar-refractivity contribution in [3.8, 4) is 0 Å². The van der Waals surface area contributed by atoms with E-state index in [0.717, 1.165) is 6.33 Å². The molecule has 9 nitrogen and oxygen atoms in total. The third-order valence-corrected chi connectivity index (χ3v) is 2.19. The summed E-state index contributed by atoms with van der Waals surface area (Å²) in [5, 5.41) is 16.4. The lowest BCUT2D eigenvalue weighted by molar-refractivity contribution is -0.383. The van der Waals surface area contributed by atoms with Crippen LogP contribution in [0.3, 0.4) is 0 Å². The smallest absolute Gasteiger partial charge is 0.352 e. The normalized spacial score (nSPS) is 10.9. The van der Waals surface area contributed by atoms with Crippen molar-refractivity contribution in [1.29, 1.82) is 0 Å². The van der Waals surface area contributed by atoms with E-state index in [0.29, 0.717) is 0 Å². The van der Waals surface area contributed by atoms with Crippen LogP contribution in [0.4, 0.5) is 17.3 Å². The first-order chi connectivity index (χ1) is 9.20. The van der Waals surface area contributed by atoms with Gasteiger partial charge >= 0.3 is 5.69 Å². The van der Waals surface area contributed by atoms with E-state index in [1.807, 2.05) is 20.8 Å². The van der Waals surface area contributed by atoms with Crippen LogP contribution in [0.15, 0.2) is 6.33 Å². The van der Waals surface area contributed by atoms with Crippen molar-refractivity contribution in [3.63, 3.8) is 0 Å². The van der Waals surface area contributed by atoms with Crippen molar-refractivity contribution in [1.82, 2.24) is 15.3 Å². The van der Waals surface area contributed by atoms with Gasteiger partial charge in [0.1, 0.15) is 6.33 Å². The molecule has 0 aromatic carbocycles. The van der Waals surface area contributed by atoms with Gasteiger partial charge in [-0.2, -0.15) is 0 Å². The Morgan fingerprint density at radius 1 is 1.45 bits per heavy atom. The highest BCUT2D eigenvalue weighted by atomic mass is 16.6. The van der Waals surface area contributed by atoms with Crippen molar-refractivity contribution in [2.75, 3.05) is 17.6 Å². The number of nitrogens with one attached hydrogen (secondary N) is 2. The summed E-state index contributed by atoms with van der Waals surface area (Å²) in [6.07, 6.45) is 1.29. The van der Waals surface area contributed by atoms with Crippen molar-refractivity contribution in [3.05, 3.63) is 16.4 Å². The highest BCUT2D eigenvalue weighted by molar-refractivity contribution is 5.77. The predicted molar refractivity (Wildman–Crippen MR) is 74.1 cm³/mol. The highest BCUT2D eigenvalue weighted by Gasteiger charge is 2.21. The van der Waals surface area contributed by atoms with Crippen LogP contribution in [0.1, 0.15) is 27.2 Å². The lowest BCUT2D eigenvalue weighted by Gasteiger charge is -2.20. The number of anilines is 2. The van der Waals surface area contributed by atoms with Gasteiger partial charge in [-0.3, -0.25) is 14.9 Å². The molecule has 1 heterocycles. The van der Waals surface area contributed by atoms with Gasteiger partial charge in [-0.05, 0) is 20.8 Å². The molecule has 4 N–H and O–H groups in total. The average molecular weight is 282 g/mol. The second-order valence-electron chi connectivity index (χ2n) is 5.19. The Kier molecular flexibility index (Phi) is 4.78. The van der Waals surface area contributed by atoms with Gasteiger partial charge in [0.15, 0.2) is 0 Å². The van der Waals surface area contributed by atoms with Crippen LogP contribution in [-0.4, -0.2) is 32.9 Å². The number of hydrogen-bond donors (Lipinski definition) is 3. The number of aromatic nitrogens is 2. The lowest BCUT2D eigenvalue weighted by atomic mass is 10.1. The molecule has 0 atom stereocenters. The van der Waals surface area contributed by atoms with Crippen molar-refractivity contribution in [2.45, 2.75) is 32.7 Å². The van der Waals surface area contributed by atoms with Crippen molar-refractivity contribution >= 4 is 23.2 Å². The fourth-order valence-electron chi connectivity index (χ4n) is 1.48. The zero-order valence-corrected chi connectivity index (χ0v) is 11.6. The maximum atomic E-state index is 11.6. The fourth-order valence-corrected chi connectivity index (χ4v) is 1.48. The van der Waals surface area contributed by atoms with Crippen LogP contribution < -0.4 is 16.4 Å². The fraction of sp³-hybridized carbons (Fsp3) is 0.545. The van der Waals surface area contributed by atoms with E-state index in [-0.39, 0.29) is 41.7 Å². The molecule has 1 amide bonds. The first-order valence-electron chi connectivity index (χ1n) is 6.00. The molecule has 0 saturated heterocycles. The summed E-state index contributed by atoms with van der Waals surface area (Å²) in [6.45, 7) is 5.82. The zero-order chi connectivity index (χ0) is 15.3. The molecule has 0 aliphatic carbocycles. The van der Waals surface area contributed by atoms with Gasteiger partial charge in [-0.15, -0.1) is 0 Å². The molecule has 20 heavy (non-hydrogen) atoms. The van der Waals surface area contributed by atoms with E-state index in [9.17, 15) is 14.9 Å². The number of carbonyl (C=O) groups is 1. The van der Waals surface area contributed by atoms with E-state index >= 15 is 0 Å². The zero-order valence-electron chi connectivity index (χ0n) is 11.6. The van der Waals surface area contributed by atoms with Gasteiger partial charge < -0.3 is 16.4 Å². The molecule has 1 aromatic rings. The molecule has 1 aromatic heterocycles. The Labute approximate surface area is 116 Å². The minimum atomic E-state index is -0.660. The van der Waals surface area contributed by atoms with Gasteiger partial charge in [0.05, 0.1) is 4.92 Å². The summed E-state index contributed by atoms with van der Waals surface area (Å²) in [4.78, 5) is 29.1. The van der Waals surface area contributed by atoms with Crippen LogP contribution in [0, 0.1) is 10.1 Å². The maximum Gasteiger partial charge on any atom is 0.352 e. The molecule has 0 saturated carbocycles. The van der Waals surface area contributed by atoms with E-state index < -0.39 is 4.92 Å². The Bertz CT molecular complexity index is 511. The predicted octanol–water partition coefficient (Wildman–Crippen LogP) is 0.684. The molecule has 110 valence electrons. The number of carbonyl (C=O) groups excluding carboxylic acids is 1. The Morgan fingerprint density at radius 2 is 2.10 bits per heavy atom. The van der Waals surface area contributed by atoms with Gasteiger partial charge in [-0.1, -0.05) is 0 Å². The summed E-state index contributed by atoms with van der Waals surface area (Å²) in [6, 6.07) is 0. The monoisotopic (exact) mass is 282 g/mol. The summed E-state index contributed by atoms with van der Waals surface area (Å²) in [5.41, 5.74) is 4.72. The largest absolute Gasteiger partial charge is 0.378 e. The molecule has 0 aliphatic heterocycles. The third kappa shape index (κ3) is 4.67. The Morgan fingerprint density at radius 3 is 2.65 bits per heavy atom. The molecule has 0 bridgehead atoms. The van der Waals surface area contributed by atoms with E-state index in [1.54, 1.807) is 0 Å². The van der Waals surface area contributed by atoms with Gasteiger partial charge in [0.25, 0.3) is 0 Å². The summed E-state index contributed by atoms with van der Waals surface area (Å²) in [5.74, 6) is -0.368. The van der Waals surface area contributed by atoms with Crippen LogP contribution >= 0.6 is 0 Å². The highest BCUT2D eigenvalue weighted by Crippen LogP contribution is 2.25. The van der Waals surface area contributed by atoms with E-state index in [1.165, 1.54) is 0 Å². The molecule has 0 unspecified atom stereocenters. The number of nitrogen functional groups attached to an aromatic ring is 1. The number of nitro groups is 1. The summed E-state index contributed by atoms with van der Waals surface area (Å²) < 4.78 is 0. The topological polar surface area (TPSA) is 136 Å². The second-order valence-corrected chi connectivity index (χ2v) is 5.19. The maximum absolute atomic E-state index is 11.6. The number of hydrogen-bond acceptors (Lipinski definition) is 7. The molecular weight excluding hydrogens is 264 g/mol. The summed E-state index contributed by atoms with van der Waals surface area (Å²) in [7, 11) is 0.